The Bertz CT molecular complexity index is 621. The van der Waals surface area contributed by atoms with Crippen molar-refractivity contribution < 1.29 is 48.4 Å². The molecule has 1 aliphatic rings. The molecule has 0 aromatic carbocycles. The van der Waals surface area contributed by atoms with Crippen LogP contribution in [-0.4, -0.2) is 50.0 Å². The van der Waals surface area contributed by atoms with Crippen molar-refractivity contribution in [2.75, 3.05) is 0 Å². The van der Waals surface area contributed by atoms with Crippen LogP contribution >= 0.6 is 0 Å². The van der Waals surface area contributed by atoms with E-state index in [1.54, 1.807) is 0 Å². The molecule has 2 unspecified atom stereocenters. The van der Waals surface area contributed by atoms with Crippen molar-refractivity contribution in [2.45, 2.75) is 18.5 Å². The second-order valence-corrected chi connectivity index (χ2v) is 4.47. The summed E-state index contributed by atoms with van der Waals surface area (Å²) in [5.41, 5.74) is -6.08. The smallest absolute Gasteiger partial charge is 0.346 e. The van der Waals surface area contributed by atoms with Crippen LogP contribution in [-0.2, 0) is 19.2 Å². The molecule has 0 radical (unpaired) electrons. The minimum atomic E-state index is -3.65. The molecule has 0 aromatic heterocycles. The summed E-state index contributed by atoms with van der Waals surface area (Å²) in [5.74, 6) is -11.8. The number of carboxylic acid groups (broad SMARTS) is 4. The zero-order chi connectivity index (χ0) is 17.2. The van der Waals surface area contributed by atoms with Gasteiger partial charge in [-0.15, -0.1) is 0 Å². The number of carboxylic acids is 4. The fourth-order valence-corrected chi connectivity index (χ4v) is 2.22. The molecule has 0 saturated heterocycles. The third-order valence-electron chi connectivity index (χ3n) is 3.12. The summed E-state index contributed by atoms with van der Waals surface area (Å²) in [6, 6.07) is 0. The molecule has 4 N–H and O–H groups in total. The normalized spacial score (nSPS) is 24.6. The fraction of sp³-hybridized carbons (Fsp3) is 0.333. The van der Waals surface area contributed by atoms with Crippen molar-refractivity contribution in [1.82, 2.24) is 0 Å². The molecule has 0 aromatic rings. The van der Waals surface area contributed by atoms with Crippen LogP contribution in [0.3, 0.4) is 0 Å². The Kier molecular flexibility index (Phi) is 4.64. The zero-order valence-corrected chi connectivity index (χ0v) is 10.7. The van der Waals surface area contributed by atoms with Gasteiger partial charge < -0.3 is 20.4 Å². The number of rotatable bonds is 6. The number of hydrogen-bond donors (Lipinski definition) is 4. The molecule has 0 heterocycles. The molecule has 0 fully saturated rings. The van der Waals surface area contributed by atoms with Crippen LogP contribution < -0.4 is 0 Å². The lowest BCUT2D eigenvalue weighted by atomic mass is 9.71. The predicted octanol–water partition coefficient (Wildman–Crippen LogP) is 0.593. The number of hydrogen-bond acceptors (Lipinski definition) is 4. The highest BCUT2D eigenvalue weighted by atomic mass is 19.1. The summed E-state index contributed by atoms with van der Waals surface area (Å²) in [5, 5.41) is 35.2. The molecule has 0 spiro atoms. The number of halogens is 2. The van der Waals surface area contributed by atoms with Gasteiger partial charge in [0.1, 0.15) is 5.83 Å². The summed E-state index contributed by atoms with van der Waals surface area (Å²) in [4.78, 5) is 43.6. The first-order valence-corrected chi connectivity index (χ1v) is 5.71. The van der Waals surface area contributed by atoms with Crippen LogP contribution in [0, 0.1) is 5.92 Å². The first kappa shape index (κ1) is 17.3. The van der Waals surface area contributed by atoms with Crippen LogP contribution in [0.15, 0.2) is 23.0 Å². The topological polar surface area (TPSA) is 149 Å². The fourth-order valence-electron chi connectivity index (χ4n) is 2.22. The van der Waals surface area contributed by atoms with E-state index in [2.05, 4.69) is 0 Å². The van der Waals surface area contributed by atoms with Crippen molar-refractivity contribution in [1.29, 1.82) is 0 Å². The SMILES string of the molecule is O=C(O)CC1=CC(F)=C(C(=O)O)C(CC(=O)O)C1(F)C(=O)O. The number of alkyl halides is 1. The standard InChI is InChI=1S/C12H10F2O8/c13-6-1-4(2-7(15)16)12(14,11(21)22)5(3-8(17)18)9(6)10(19)20/h1,5H,2-3H2,(H,15,16)(H,17,18)(H,19,20)(H,21,22). The molecular formula is C12H10F2O8. The highest BCUT2D eigenvalue weighted by molar-refractivity contribution is 5.95. The highest BCUT2D eigenvalue weighted by Gasteiger charge is 2.56. The maximum atomic E-state index is 14.9. The van der Waals surface area contributed by atoms with Gasteiger partial charge >= 0.3 is 23.9 Å². The van der Waals surface area contributed by atoms with Gasteiger partial charge in [0.25, 0.3) is 0 Å². The molecule has 10 heteroatoms. The molecular weight excluding hydrogens is 310 g/mol. The van der Waals surface area contributed by atoms with Crippen LogP contribution in [0.4, 0.5) is 8.78 Å². The van der Waals surface area contributed by atoms with Gasteiger partial charge in [-0.25, -0.2) is 18.4 Å². The third-order valence-corrected chi connectivity index (χ3v) is 3.12. The third kappa shape index (κ3) is 2.95. The van der Waals surface area contributed by atoms with Crippen LogP contribution in [0.2, 0.25) is 0 Å². The summed E-state index contributed by atoms with van der Waals surface area (Å²) in [7, 11) is 0. The predicted molar refractivity (Wildman–Crippen MR) is 63.3 cm³/mol. The molecule has 1 aliphatic carbocycles. The van der Waals surface area contributed by atoms with Gasteiger partial charge in [0, 0.05) is 0 Å². The minimum absolute atomic E-state index is 0.171. The molecule has 120 valence electrons. The highest BCUT2D eigenvalue weighted by Crippen LogP contribution is 2.45. The van der Waals surface area contributed by atoms with E-state index in [0.717, 1.165) is 0 Å². The summed E-state index contributed by atoms with van der Waals surface area (Å²) in [6.45, 7) is 0. The van der Waals surface area contributed by atoms with Crippen molar-refractivity contribution in [2.24, 2.45) is 5.92 Å². The maximum absolute atomic E-state index is 14.9. The average Bonchev–Trinajstić information content (AvgIpc) is 2.33. The lowest BCUT2D eigenvalue weighted by Crippen LogP contribution is -2.48. The van der Waals surface area contributed by atoms with Gasteiger partial charge in [-0.3, -0.25) is 9.59 Å². The molecule has 0 amide bonds. The van der Waals surface area contributed by atoms with Crippen molar-refractivity contribution in [3.8, 4) is 0 Å². The summed E-state index contributed by atoms with van der Waals surface area (Å²) >= 11 is 0. The van der Waals surface area contributed by atoms with Crippen molar-refractivity contribution in [3.05, 3.63) is 23.0 Å². The molecule has 0 saturated carbocycles. The van der Waals surface area contributed by atoms with E-state index in [1.807, 2.05) is 0 Å². The second kappa shape index (κ2) is 5.92. The van der Waals surface area contributed by atoms with Crippen molar-refractivity contribution >= 4 is 23.9 Å². The van der Waals surface area contributed by atoms with Gasteiger partial charge in [0.2, 0.25) is 5.67 Å². The molecule has 22 heavy (non-hydrogen) atoms. The van der Waals surface area contributed by atoms with Gasteiger partial charge in [-0.1, -0.05) is 0 Å². The zero-order valence-electron chi connectivity index (χ0n) is 10.7. The lowest BCUT2D eigenvalue weighted by molar-refractivity contribution is -0.153. The summed E-state index contributed by atoms with van der Waals surface area (Å²) < 4.78 is 28.7. The Morgan fingerprint density at radius 3 is 2.00 bits per heavy atom. The largest absolute Gasteiger partial charge is 0.481 e. The Labute approximate surface area is 121 Å². The van der Waals surface area contributed by atoms with E-state index in [9.17, 15) is 28.0 Å². The maximum Gasteiger partial charge on any atom is 0.346 e. The van der Waals surface area contributed by atoms with E-state index < -0.39 is 65.3 Å². The summed E-state index contributed by atoms with van der Waals surface area (Å²) in [6.07, 6.45) is -2.39. The van der Waals surface area contributed by atoms with E-state index in [1.165, 1.54) is 0 Å². The quantitative estimate of drug-likeness (QED) is 0.555. The Morgan fingerprint density at radius 2 is 1.64 bits per heavy atom. The number of aliphatic carboxylic acids is 4. The van der Waals surface area contributed by atoms with Gasteiger partial charge in [0.15, 0.2) is 0 Å². The Balaban J connectivity index is 3.61. The van der Waals surface area contributed by atoms with E-state index >= 15 is 0 Å². The van der Waals surface area contributed by atoms with Gasteiger partial charge in [0.05, 0.1) is 24.3 Å². The first-order chi connectivity index (χ1) is 10.0. The van der Waals surface area contributed by atoms with E-state index in [0.29, 0.717) is 0 Å². The molecule has 1 rings (SSSR count). The first-order valence-electron chi connectivity index (χ1n) is 5.71. The van der Waals surface area contributed by atoms with Gasteiger partial charge in [-0.2, -0.15) is 0 Å². The Hall–Kier alpha value is -2.78. The second-order valence-electron chi connectivity index (χ2n) is 4.47. The monoisotopic (exact) mass is 320 g/mol. The lowest BCUT2D eigenvalue weighted by Gasteiger charge is -2.34. The Morgan fingerprint density at radius 1 is 1.09 bits per heavy atom. The van der Waals surface area contributed by atoms with Crippen molar-refractivity contribution in [3.63, 3.8) is 0 Å². The molecule has 2 atom stereocenters. The van der Waals surface area contributed by atoms with Crippen LogP contribution in [0.25, 0.3) is 0 Å². The molecule has 0 bridgehead atoms. The van der Waals surface area contributed by atoms with Crippen LogP contribution in [0.5, 0.6) is 0 Å². The minimum Gasteiger partial charge on any atom is -0.481 e. The van der Waals surface area contributed by atoms with E-state index in [4.69, 9.17) is 20.4 Å². The number of allylic oxidation sites excluding steroid dienone is 2. The van der Waals surface area contributed by atoms with Gasteiger partial charge in [-0.05, 0) is 11.6 Å². The molecule has 8 nitrogen and oxygen atoms in total. The van der Waals surface area contributed by atoms with E-state index in [-0.39, 0.29) is 6.08 Å². The number of carbonyl (C=O) groups is 4. The molecule has 0 aliphatic heterocycles. The average molecular weight is 320 g/mol. The van der Waals surface area contributed by atoms with Crippen LogP contribution in [0.1, 0.15) is 12.8 Å².